The van der Waals surface area contributed by atoms with Gasteiger partial charge in [0.15, 0.2) is 0 Å². The standard InChI is InChI=1S/C4H8O.BO2.2Li/c1-2-4-5-3-1;2-1-3;;/h1-4H2;;;/q;-2;2*+1. The number of ether oxygens (including phenoxy) is 1. The summed E-state index contributed by atoms with van der Waals surface area (Å²) in [7, 11) is -0.500. The van der Waals surface area contributed by atoms with Gasteiger partial charge in [0.25, 0.3) is 0 Å². The maximum Gasteiger partial charge on any atom is 1.00 e. The molecule has 0 spiro atoms. The van der Waals surface area contributed by atoms with Gasteiger partial charge in [-0.2, -0.15) is 0 Å². The van der Waals surface area contributed by atoms with Crippen molar-refractivity contribution < 1.29 is 52.5 Å². The van der Waals surface area contributed by atoms with Gasteiger partial charge in [-0.15, -0.1) is 0 Å². The molecule has 0 unspecified atom stereocenters. The predicted octanol–water partition coefficient (Wildman–Crippen LogP) is -7.95. The van der Waals surface area contributed by atoms with Gasteiger partial charge in [-0.05, 0) is 12.8 Å². The van der Waals surface area contributed by atoms with Gasteiger partial charge in [0.2, 0.25) is 0 Å². The first-order valence-electron chi connectivity index (χ1n) is 2.55. The van der Waals surface area contributed by atoms with Crippen LogP contribution in [0.5, 0.6) is 0 Å². The summed E-state index contributed by atoms with van der Waals surface area (Å²) in [6.07, 6.45) is 2.56. The van der Waals surface area contributed by atoms with Crippen LogP contribution < -0.4 is 47.8 Å². The Bertz CT molecular complexity index is 37.9. The molecule has 47 valence electrons. The molecule has 0 aliphatic carbocycles. The topological polar surface area (TPSA) is 55.3 Å². The molecule has 1 fully saturated rings. The predicted molar refractivity (Wildman–Crippen MR) is 25.8 cm³/mol. The Kier molecular flexibility index (Phi) is 28.7. The second-order valence-electron chi connectivity index (χ2n) is 1.42. The molecule has 0 saturated carbocycles. The molecule has 3 nitrogen and oxygen atoms in total. The molecular formula is C4H8BLi2O3. The maximum absolute atomic E-state index is 8.25. The summed E-state index contributed by atoms with van der Waals surface area (Å²) in [5.74, 6) is 0. The third-order valence-electron chi connectivity index (χ3n) is 0.827. The van der Waals surface area contributed by atoms with Crippen LogP contribution in [0.2, 0.25) is 0 Å². The monoisotopic (exact) mass is 129 g/mol. The molecule has 0 aromatic carbocycles. The molecule has 0 atom stereocenters. The molecule has 1 rings (SSSR count). The first-order valence-corrected chi connectivity index (χ1v) is 2.55. The minimum absolute atomic E-state index is 0. The van der Waals surface area contributed by atoms with Crippen molar-refractivity contribution in [3.63, 3.8) is 0 Å². The summed E-state index contributed by atoms with van der Waals surface area (Å²) in [5, 5.41) is 16.5. The van der Waals surface area contributed by atoms with Crippen molar-refractivity contribution in [2.45, 2.75) is 12.8 Å². The van der Waals surface area contributed by atoms with Crippen LogP contribution in [0.15, 0.2) is 0 Å². The Labute approximate surface area is 86.2 Å². The summed E-state index contributed by atoms with van der Waals surface area (Å²) < 4.78 is 4.94. The average Bonchev–Trinajstić information content (AvgIpc) is 2.17. The molecule has 10 heavy (non-hydrogen) atoms. The van der Waals surface area contributed by atoms with Gasteiger partial charge >= 0.3 is 37.7 Å². The van der Waals surface area contributed by atoms with Crippen molar-refractivity contribution in [3.8, 4) is 0 Å². The van der Waals surface area contributed by atoms with E-state index in [-0.39, 0.29) is 37.7 Å². The Balaban J connectivity index is -0.0000000900. The number of rotatable bonds is 0. The first kappa shape index (κ1) is 17.3. The van der Waals surface area contributed by atoms with Crippen LogP contribution in [0.4, 0.5) is 0 Å². The maximum atomic E-state index is 8.25. The molecule has 0 aromatic rings. The molecule has 6 heteroatoms. The van der Waals surface area contributed by atoms with Crippen LogP contribution >= 0.6 is 0 Å². The first-order chi connectivity index (χ1) is 3.91. The average molecular weight is 129 g/mol. The molecule has 0 aromatic heterocycles. The van der Waals surface area contributed by atoms with E-state index in [4.69, 9.17) is 14.8 Å². The summed E-state index contributed by atoms with van der Waals surface area (Å²) in [6, 6.07) is 0. The van der Waals surface area contributed by atoms with Crippen molar-refractivity contribution in [2.75, 3.05) is 13.2 Å². The van der Waals surface area contributed by atoms with E-state index >= 15 is 0 Å². The van der Waals surface area contributed by atoms with Crippen LogP contribution in [0.25, 0.3) is 0 Å². The van der Waals surface area contributed by atoms with Gasteiger partial charge in [0.1, 0.15) is 0 Å². The van der Waals surface area contributed by atoms with Crippen molar-refractivity contribution >= 4 is 7.69 Å². The van der Waals surface area contributed by atoms with Gasteiger partial charge in [0, 0.05) is 13.2 Å². The zero-order chi connectivity index (χ0) is 6.24. The zero-order valence-corrected chi connectivity index (χ0v) is 6.63. The van der Waals surface area contributed by atoms with Gasteiger partial charge in [-0.3, -0.25) is 0 Å². The van der Waals surface area contributed by atoms with Crippen LogP contribution in [0, 0.1) is 0 Å². The van der Waals surface area contributed by atoms with Gasteiger partial charge < -0.3 is 14.8 Å². The van der Waals surface area contributed by atoms with Crippen LogP contribution in [-0.4, -0.2) is 20.9 Å². The van der Waals surface area contributed by atoms with Gasteiger partial charge in [0.05, 0.1) is 0 Å². The molecular weight excluding hydrogens is 121 g/mol. The zero-order valence-electron chi connectivity index (χ0n) is 6.63. The SMILES string of the molecule is C1CCOC1.[Li+].[Li+].[O-][B][O-]. The molecule has 0 amide bonds. The van der Waals surface area contributed by atoms with E-state index in [1.54, 1.807) is 0 Å². The van der Waals surface area contributed by atoms with E-state index in [0.717, 1.165) is 13.2 Å². The summed E-state index contributed by atoms with van der Waals surface area (Å²) in [6.45, 7) is 2.00. The van der Waals surface area contributed by atoms with E-state index < -0.39 is 7.69 Å². The van der Waals surface area contributed by atoms with Crippen molar-refractivity contribution in [1.29, 1.82) is 0 Å². The fourth-order valence-corrected chi connectivity index (χ4v) is 0.510. The number of hydrogen-bond donors (Lipinski definition) is 0. The Morgan fingerprint density at radius 3 is 1.40 bits per heavy atom. The third-order valence-corrected chi connectivity index (χ3v) is 0.827. The smallest absolute Gasteiger partial charge is 0.900 e. The summed E-state index contributed by atoms with van der Waals surface area (Å²) in [5.41, 5.74) is 0. The molecule has 0 bridgehead atoms. The molecule has 1 heterocycles. The molecule has 1 aliphatic heterocycles. The van der Waals surface area contributed by atoms with E-state index in [1.165, 1.54) is 12.8 Å². The fourth-order valence-electron chi connectivity index (χ4n) is 0.510. The van der Waals surface area contributed by atoms with Crippen LogP contribution in [0.3, 0.4) is 0 Å². The largest absolute Gasteiger partial charge is 1.00 e. The second kappa shape index (κ2) is 16.6. The van der Waals surface area contributed by atoms with E-state index in [0.29, 0.717) is 0 Å². The molecule has 1 saturated heterocycles. The molecule has 1 aliphatic rings. The normalized spacial score (nSPS) is 13.4. The van der Waals surface area contributed by atoms with Crippen molar-refractivity contribution in [3.05, 3.63) is 0 Å². The van der Waals surface area contributed by atoms with Crippen molar-refractivity contribution in [2.24, 2.45) is 0 Å². The Hall–Kier alpha value is 1.14. The van der Waals surface area contributed by atoms with Gasteiger partial charge in [-0.25, -0.2) is 7.69 Å². The van der Waals surface area contributed by atoms with Crippen LogP contribution in [0.1, 0.15) is 12.8 Å². The Morgan fingerprint density at radius 1 is 1.00 bits per heavy atom. The number of hydrogen-bond acceptors (Lipinski definition) is 3. The summed E-state index contributed by atoms with van der Waals surface area (Å²) in [4.78, 5) is 0. The fraction of sp³-hybridized carbons (Fsp3) is 1.00. The summed E-state index contributed by atoms with van der Waals surface area (Å²) >= 11 is 0. The molecule has 0 N–H and O–H groups in total. The van der Waals surface area contributed by atoms with Crippen molar-refractivity contribution in [1.82, 2.24) is 0 Å². The quantitative estimate of drug-likeness (QED) is 0.305. The Morgan fingerprint density at radius 2 is 1.30 bits per heavy atom. The van der Waals surface area contributed by atoms with Gasteiger partial charge in [-0.1, -0.05) is 0 Å². The van der Waals surface area contributed by atoms with E-state index in [9.17, 15) is 0 Å². The molecule has 1 radical (unpaired) electrons. The van der Waals surface area contributed by atoms with E-state index in [1.807, 2.05) is 0 Å². The minimum Gasteiger partial charge on any atom is -0.900 e. The third kappa shape index (κ3) is 16.1. The van der Waals surface area contributed by atoms with Crippen LogP contribution in [-0.2, 0) is 4.74 Å². The minimum atomic E-state index is -0.500. The van der Waals surface area contributed by atoms with E-state index in [2.05, 4.69) is 0 Å². The second-order valence-corrected chi connectivity index (χ2v) is 1.42.